The summed E-state index contributed by atoms with van der Waals surface area (Å²) in [4.78, 5) is 30.2. The van der Waals surface area contributed by atoms with Gasteiger partial charge in [-0.3, -0.25) is 14.6 Å². The number of benzene rings is 1. The van der Waals surface area contributed by atoms with Gasteiger partial charge in [0.25, 0.3) is 5.91 Å². The SMILES string of the molecule is COc1cccc(N2CC(NC(=O)c3cc(CO)ccn3)CC2=O)c1. The lowest BCUT2D eigenvalue weighted by Crippen LogP contribution is -2.37. The Hall–Kier alpha value is -2.93. The van der Waals surface area contributed by atoms with Crippen molar-refractivity contribution in [3.05, 3.63) is 53.9 Å². The molecule has 1 fully saturated rings. The third kappa shape index (κ3) is 3.77. The maximum Gasteiger partial charge on any atom is 0.270 e. The first-order valence-corrected chi connectivity index (χ1v) is 7.92. The summed E-state index contributed by atoms with van der Waals surface area (Å²) < 4.78 is 5.18. The van der Waals surface area contributed by atoms with Gasteiger partial charge in [-0.25, -0.2) is 0 Å². The summed E-state index contributed by atoms with van der Waals surface area (Å²) in [6.45, 7) is 0.228. The molecular formula is C18H19N3O4. The number of rotatable bonds is 5. The van der Waals surface area contributed by atoms with E-state index in [-0.39, 0.29) is 36.6 Å². The van der Waals surface area contributed by atoms with Crippen LogP contribution in [-0.2, 0) is 11.4 Å². The van der Waals surface area contributed by atoms with Crippen molar-refractivity contribution in [2.24, 2.45) is 0 Å². The van der Waals surface area contributed by atoms with Gasteiger partial charge in [-0.2, -0.15) is 0 Å². The summed E-state index contributed by atoms with van der Waals surface area (Å²) in [5, 5.41) is 12.0. The number of ether oxygens (including phenoxy) is 1. The summed E-state index contributed by atoms with van der Waals surface area (Å²) in [6, 6.07) is 10.1. The second-order valence-electron chi connectivity index (χ2n) is 5.79. The lowest BCUT2D eigenvalue weighted by atomic mass is 10.2. The van der Waals surface area contributed by atoms with Gasteiger partial charge in [0.1, 0.15) is 11.4 Å². The average molecular weight is 341 g/mol. The normalized spacial score (nSPS) is 16.8. The quantitative estimate of drug-likeness (QED) is 0.850. The highest BCUT2D eigenvalue weighted by molar-refractivity contribution is 5.98. The number of pyridine rings is 1. The van der Waals surface area contributed by atoms with Crippen LogP contribution in [0.4, 0.5) is 5.69 Å². The number of hydrogen-bond donors (Lipinski definition) is 2. The second-order valence-corrected chi connectivity index (χ2v) is 5.79. The number of anilines is 1. The van der Waals surface area contributed by atoms with Crippen molar-refractivity contribution in [3.8, 4) is 5.75 Å². The summed E-state index contributed by atoms with van der Waals surface area (Å²) in [5.41, 5.74) is 1.57. The van der Waals surface area contributed by atoms with E-state index in [1.165, 1.54) is 12.3 Å². The number of carbonyl (C=O) groups excluding carboxylic acids is 2. The number of aliphatic hydroxyl groups excluding tert-OH is 1. The largest absolute Gasteiger partial charge is 0.497 e. The van der Waals surface area contributed by atoms with Gasteiger partial charge in [0.2, 0.25) is 5.91 Å². The van der Waals surface area contributed by atoms with Gasteiger partial charge in [0.05, 0.1) is 19.8 Å². The fourth-order valence-electron chi connectivity index (χ4n) is 2.79. The third-order valence-corrected chi connectivity index (χ3v) is 4.06. The first-order chi connectivity index (χ1) is 12.1. The van der Waals surface area contributed by atoms with E-state index in [0.29, 0.717) is 17.9 Å². The molecule has 0 bridgehead atoms. The van der Waals surface area contributed by atoms with Gasteiger partial charge >= 0.3 is 0 Å². The zero-order valence-corrected chi connectivity index (χ0v) is 13.8. The van der Waals surface area contributed by atoms with Gasteiger partial charge in [0, 0.05) is 30.9 Å². The number of carbonyl (C=O) groups is 2. The first-order valence-electron chi connectivity index (χ1n) is 7.92. The molecule has 1 atom stereocenters. The first kappa shape index (κ1) is 16.9. The Morgan fingerprint density at radius 1 is 1.40 bits per heavy atom. The van der Waals surface area contributed by atoms with Gasteiger partial charge in [-0.15, -0.1) is 0 Å². The van der Waals surface area contributed by atoms with E-state index in [0.717, 1.165) is 5.69 Å². The minimum absolute atomic E-state index is 0.0596. The van der Waals surface area contributed by atoms with Crippen LogP contribution >= 0.6 is 0 Å². The molecule has 3 rings (SSSR count). The van der Waals surface area contributed by atoms with Crippen LogP contribution in [0.15, 0.2) is 42.6 Å². The van der Waals surface area contributed by atoms with E-state index in [1.54, 1.807) is 24.1 Å². The van der Waals surface area contributed by atoms with Crippen molar-refractivity contribution in [2.45, 2.75) is 19.1 Å². The molecule has 1 unspecified atom stereocenters. The summed E-state index contributed by atoms with van der Waals surface area (Å²) in [7, 11) is 1.57. The predicted octanol–water partition coefficient (Wildman–Crippen LogP) is 1.12. The van der Waals surface area contributed by atoms with Crippen LogP contribution < -0.4 is 15.0 Å². The molecule has 1 aliphatic heterocycles. The van der Waals surface area contributed by atoms with E-state index in [2.05, 4.69) is 10.3 Å². The van der Waals surface area contributed by atoms with Gasteiger partial charge < -0.3 is 20.1 Å². The zero-order valence-electron chi connectivity index (χ0n) is 13.8. The Kier molecular flexibility index (Phi) is 4.95. The summed E-state index contributed by atoms with van der Waals surface area (Å²) in [6.07, 6.45) is 1.70. The molecular weight excluding hydrogens is 322 g/mol. The minimum Gasteiger partial charge on any atom is -0.497 e. The monoisotopic (exact) mass is 341 g/mol. The number of nitrogens with zero attached hydrogens (tertiary/aromatic N) is 2. The number of aliphatic hydroxyl groups is 1. The Morgan fingerprint density at radius 3 is 3.00 bits per heavy atom. The molecule has 7 nitrogen and oxygen atoms in total. The standard InChI is InChI=1S/C18H19N3O4/c1-25-15-4-2-3-14(9-15)21-10-13(8-17(21)23)20-18(24)16-7-12(11-22)5-6-19-16/h2-7,9,13,22H,8,10-11H2,1H3,(H,20,24). The van der Waals surface area contributed by atoms with Crippen LogP contribution in [0.2, 0.25) is 0 Å². The molecule has 130 valence electrons. The van der Waals surface area contributed by atoms with Crippen LogP contribution in [0.5, 0.6) is 5.75 Å². The molecule has 2 heterocycles. The Labute approximate surface area is 145 Å². The van der Waals surface area contributed by atoms with Crippen molar-refractivity contribution in [3.63, 3.8) is 0 Å². The molecule has 2 aromatic rings. The average Bonchev–Trinajstić information content (AvgIpc) is 3.02. The lowest BCUT2D eigenvalue weighted by Gasteiger charge is -2.18. The molecule has 1 aromatic carbocycles. The molecule has 2 amide bonds. The van der Waals surface area contributed by atoms with Crippen molar-refractivity contribution in [1.29, 1.82) is 0 Å². The predicted molar refractivity (Wildman–Crippen MR) is 91.4 cm³/mol. The summed E-state index contributed by atoms with van der Waals surface area (Å²) in [5.74, 6) is 0.249. The molecule has 7 heteroatoms. The van der Waals surface area contributed by atoms with Crippen LogP contribution in [0.1, 0.15) is 22.5 Å². The van der Waals surface area contributed by atoms with E-state index >= 15 is 0 Å². The Balaban J connectivity index is 1.68. The summed E-state index contributed by atoms with van der Waals surface area (Å²) >= 11 is 0. The highest BCUT2D eigenvalue weighted by Crippen LogP contribution is 2.25. The van der Waals surface area contributed by atoms with Crippen molar-refractivity contribution in [2.75, 3.05) is 18.6 Å². The maximum atomic E-state index is 12.3. The van der Waals surface area contributed by atoms with Crippen molar-refractivity contribution < 1.29 is 19.4 Å². The van der Waals surface area contributed by atoms with Crippen LogP contribution in [-0.4, -0.2) is 41.6 Å². The highest BCUT2D eigenvalue weighted by Gasteiger charge is 2.32. The zero-order chi connectivity index (χ0) is 17.8. The number of nitrogens with one attached hydrogen (secondary N) is 1. The van der Waals surface area contributed by atoms with E-state index in [4.69, 9.17) is 9.84 Å². The van der Waals surface area contributed by atoms with Gasteiger partial charge in [-0.05, 0) is 29.8 Å². The minimum atomic E-state index is -0.361. The third-order valence-electron chi connectivity index (χ3n) is 4.06. The van der Waals surface area contributed by atoms with Gasteiger partial charge in [0.15, 0.2) is 0 Å². The van der Waals surface area contributed by atoms with Gasteiger partial charge in [-0.1, -0.05) is 6.07 Å². The van der Waals surface area contributed by atoms with E-state index in [9.17, 15) is 9.59 Å². The fourth-order valence-corrected chi connectivity index (χ4v) is 2.79. The maximum absolute atomic E-state index is 12.3. The number of methoxy groups -OCH3 is 1. The topological polar surface area (TPSA) is 91.8 Å². The van der Waals surface area contributed by atoms with Crippen LogP contribution in [0.3, 0.4) is 0 Å². The van der Waals surface area contributed by atoms with E-state index in [1.807, 2.05) is 18.2 Å². The fraction of sp³-hybridized carbons (Fsp3) is 0.278. The molecule has 1 aliphatic rings. The Bertz CT molecular complexity index is 793. The molecule has 0 saturated carbocycles. The van der Waals surface area contributed by atoms with E-state index < -0.39 is 0 Å². The number of hydrogen-bond acceptors (Lipinski definition) is 5. The molecule has 0 aliphatic carbocycles. The second kappa shape index (κ2) is 7.31. The Morgan fingerprint density at radius 2 is 2.24 bits per heavy atom. The number of amides is 2. The number of aromatic nitrogens is 1. The molecule has 0 spiro atoms. The highest BCUT2D eigenvalue weighted by atomic mass is 16.5. The molecule has 2 N–H and O–H groups in total. The smallest absolute Gasteiger partial charge is 0.270 e. The molecule has 25 heavy (non-hydrogen) atoms. The molecule has 0 radical (unpaired) electrons. The lowest BCUT2D eigenvalue weighted by molar-refractivity contribution is -0.117. The van der Waals surface area contributed by atoms with Crippen molar-refractivity contribution in [1.82, 2.24) is 10.3 Å². The van der Waals surface area contributed by atoms with Crippen LogP contribution in [0.25, 0.3) is 0 Å². The molecule has 1 aromatic heterocycles. The molecule has 1 saturated heterocycles. The van der Waals surface area contributed by atoms with Crippen molar-refractivity contribution >= 4 is 17.5 Å². The van der Waals surface area contributed by atoms with Crippen LogP contribution in [0, 0.1) is 0 Å².